The number of thiophene rings is 1. The zero-order valence-corrected chi connectivity index (χ0v) is 21.9. The lowest BCUT2D eigenvalue weighted by Crippen LogP contribution is -2.29. The fraction of sp³-hybridized carbons (Fsp3) is 0.333. The second-order valence-corrected chi connectivity index (χ2v) is 12.2. The third-order valence-corrected chi connectivity index (χ3v) is 9.76. The highest BCUT2D eigenvalue weighted by molar-refractivity contribution is 7.92. The van der Waals surface area contributed by atoms with Crippen molar-refractivity contribution in [3.05, 3.63) is 75.7 Å². The van der Waals surface area contributed by atoms with E-state index >= 15 is 0 Å². The van der Waals surface area contributed by atoms with Gasteiger partial charge in [0, 0.05) is 17.0 Å². The van der Waals surface area contributed by atoms with Crippen molar-refractivity contribution in [3.8, 4) is 0 Å². The molecule has 1 atom stereocenters. The van der Waals surface area contributed by atoms with E-state index in [1.165, 1.54) is 39.9 Å². The molecule has 188 valence electrons. The Morgan fingerprint density at radius 2 is 1.86 bits per heavy atom. The van der Waals surface area contributed by atoms with E-state index in [0.29, 0.717) is 40.7 Å². The van der Waals surface area contributed by atoms with E-state index in [2.05, 4.69) is 12.2 Å². The monoisotopic (exact) mass is 524 g/mol. The third kappa shape index (κ3) is 4.41. The van der Waals surface area contributed by atoms with Crippen LogP contribution in [0, 0.1) is 5.92 Å². The lowest BCUT2D eigenvalue weighted by Gasteiger charge is -2.19. The van der Waals surface area contributed by atoms with Gasteiger partial charge >= 0.3 is 5.97 Å². The fourth-order valence-electron chi connectivity index (χ4n) is 4.90. The number of esters is 1. The van der Waals surface area contributed by atoms with Crippen molar-refractivity contribution in [1.82, 2.24) is 0 Å². The molecule has 3 aromatic rings. The molecule has 2 aromatic carbocycles. The Bertz CT molecular complexity index is 1430. The van der Waals surface area contributed by atoms with Gasteiger partial charge in [-0.3, -0.25) is 9.10 Å². The largest absolute Gasteiger partial charge is 0.462 e. The number of fused-ring (bicyclic) bond motifs is 2. The van der Waals surface area contributed by atoms with Crippen molar-refractivity contribution < 1.29 is 22.7 Å². The Kier molecular flexibility index (Phi) is 6.61. The normalized spacial score (nSPS) is 16.8. The van der Waals surface area contributed by atoms with Gasteiger partial charge in [-0.05, 0) is 80.0 Å². The number of sulfonamides is 1. The van der Waals surface area contributed by atoms with Crippen LogP contribution in [0.25, 0.3) is 0 Å². The highest BCUT2D eigenvalue weighted by atomic mass is 32.2. The smallest absolute Gasteiger partial charge is 0.341 e. The first-order chi connectivity index (χ1) is 17.3. The molecule has 0 spiro atoms. The molecule has 1 N–H and O–H groups in total. The summed E-state index contributed by atoms with van der Waals surface area (Å²) >= 11 is 1.43. The van der Waals surface area contributed by atoms with Crippen LogP contribution in [0.4, 0.5) is 10.7 Å². The maximum absolute atomic E-state index is 13.3. The van der Waals surface area contributed by atoms with Gasteiger partial charge in [0.15, 0.2) is 0 Å². The second kappa shape index (κ2) is 9.71. The standard InChI is InChI=1S/C27H28N2O5S2/c1-3-34-27(31)24-21-13-8-17(2)16-23(21)35-26(24)28-25(30)19-9-11-20(12-10-19)36(32,33)29-15-14-18-6-4-5-7-22(18)29/h4-7,9-12,17H,3,8,13-16H2,1-2H3,(H,28,30)/t17-/m1/s1. The molecular formula is C27H28N2O5S2. The van der Waals surface area contributed by atoms with Crippen LogP contribution in [-0.4, -0.2) is 33.4 Å². The first-order valence-electron chi connectivity index (χ1n) is 12.1. The zero-order chi connectivity index (χ0) is 25.4. The molecule has 7 nitrogen and oxygen atoms in total. The van der Waals surface area contributed by atoms with Crippen molar-refractivity contribution in [2.24, 2.45) is 5.92 Å². The molecule has 1 aliphatic heterocycles. The molecule has 0 bridgehead atoms. The van der Waals surface area contributed by atoms with E-state index in [4.69, 9.17) is 4.74 Å². The van der Waals surface area contributed by atoms with E-state index in [-0.39, 0.29) is 11.5 Å². The first kappa shape index (κ1) is 24.5. The summed E-state index contributed by atoms with van der Waals surface area (Å²) < 4.78 is 33.2. The van der Waals surface area contributed by atoms with Crippen molar-refractivity contribution in [1.29, 1.82) is 0 Å². The van der Waals surface area contributed by atoms with Gasteiger partial charge in [0.1, 0.15) is 5.00 Å². The minimum atomic E-state index is -3.74. The van der Waals surface area contributed by atoms with Gasteiger partial charge in [0.2, 0.25) is 0 Å². The van der Waals surface area contributed by atoms with Crippen molar-refractivity contribution >= 4 is 43.9 Å². The van der Waals surface area contributed by atoms with E-state index in [9.17, 15) is 18.0 Å². The van der Waals surface area contributed by atoms with Crippen LogP contribution in [0.2, 0.25) is 0 Å². The second-order valence-electron chi connectivity index (χ2n) is 9.21. The van der Waals surface area contributed by atoms with Crippen LogP contribution >= 0.6 is 11.3 Å². The number of carbonyl (C=O) groups excluding carboxylic acids is 2. The number of nitrogens with zero attached hydrogens (tertiary/aromatic N) is 1. The number of benzene rings is 2. The Morgan fingerprint density at radius 3 is 2.61 bits per heavy atom. The maximum atomic E-state index is 13.3. The Labute approximate surface area is 215 Å². The van der Waals surface area contributed by atoms with Crippen LogP contribution in [0.3, 0.4) is 0 Å². The number of hydrogen-bond donors (Lipinski definition) is 1. The molecule has 0 radical (unpaired) electrons. The molecule has 36 heavy (non-hydrogen) atoms. The van der Waals surface area contributed by atoms with Crippen LogP contribution in [0.15, 0.2) is 53.4 Å². The molecule has 0 saturated heterocycles. The average Bonchev–Trinajstić information content (AvgIpc) is 3.45. The predicted molar refractivity (Wildman–Crippen MR) is 141 cm³/mol. The molecule has 0 saturated carbocycles. The fourth-order valence-corrected chi connectivity index (χ4v) is 7.79. The van der Waals surface area contributed by atoms with E-state index in [1.54, 1.807) is 6.92 Å². The van der Waals surface area contributed by atoms with E-state index in [1.807, 2.05) is 24.3 Å². The number of rotatable bonds is 6. The van der Waals surface area contributed by atoms with E-state index < -0.39 is 21.9 Å². The number of amides is 1. The highest BCUT2D eigenvalue weighted by Gasteiger charge is 2.31. The molecular weight excluding hydrogens is 496 g/mol. The van der Waals surface area contributed by atoms with E-state index in [0.717, 1.165) is 35.3 Å². The lowest BCUT2D eigenvalue weighted by atomic mass is 9.88. The number of hydrogen-bond acceptors (Lipinski definition) is 6. The number of para-hydroxylation sites is 1. The summed E-state index contributed by atoms with van der Waals surface area (Å²) in [5, 5.41) is 3.37. The summed E-state index contributed by atoms with van der Waals surface area (Å²) in [6, 6.07) is 13.4. The predicted octanol–water partition coefficient (Wildman–Crippen LogP) is 5.05. The quantitative estimate of drug-likeness (QED) is 0.456. The Hall–Kier alpha value is -3.17. The minimum absolute atomic E-state index is 0.128. The summed E-state index contributed by atoms with van der Waals surface area (Å²) in [6.07, 6.45) is 3.31. The summed E-state index contributed by atoms with van der Waals surface area (Å²) in [4.78, 5) is 27.1. The minimum Gasteiger partial charge on any atom is -0.462 e. The Morgan fingerprint density at radius 1 is 1.11 bits per heavy atom. The molecule has 1 aliphatic carbocycles. The molecule has 0 fully saturated rings. The number of anilines is 2. The summed E-state index contributed by atoms with van der Waals surface area (Å²) in [6.45, 7) is 4.58. The van der Waals surface area contributed by atoms with Crippen molar-refractivity contribution in [2.75, 3.05) is 22.8 Å². The van der Waals surface area contributed by atoms with Gasteiger partial charge < -0.3 is 10.1 Å². The molecule has 1 aromatic heterocycles. The molecule has 0 unspecified atom stereocenters. The van der Waals surface area contributed by atoms with Gasteiger partial charge in [-0.2, -0.15) is 0 Å². The van der Waals surface area contributed by atoms with Gasteiger partial charge in [0.25, 0.3) is 15.9 Å². The summed E-state index contributed by atoms with van der Waals surface area (Å²) in [7, 11) is -3.74. The average molecular weight is 525 g/mol. The number of ether oxygens (including phenoxy) is 1. The van der Waals surface area contributed by atoms with Gasteiger partial charge in [-0.15, -0.1) is 11.3 Å². The number of carbonyl (C=O) groups is 2. The SMILES string of the molecule is CCOC(=O)c1c(NC(=O)c2ccc(S(=O)(=O)N3CCc4ccccc43)cc2)sc2c1CC[C@@H](C)C2. The van der Waals surface area contributed by atoms with Gasteiger partial charge in [-0.1, -0.05) is 25.1 Å². The summed E-state index contributed by atoms with van der Waals surface area (Å²) in [5.74, 6) is -0.304. The lowest BCUT2D eigenvalue weighted by molar-refractivity contribution is 0.0526. The third-order valence-electron chi connectivity index (χ3n) is 6.77. The highest BCUT2D eigenvalue weighted by Crippen LogP contribution is 2.40. The first-order valence-corrected chi connectivity index (χ1v) is 14.4. The van der Waals surface area contributed by atoms with Crippen molar-refractivity contribution in [3.63, 3.8) is 0 Å². The van der Waals surface area contributed by atoms with Gasteiger partial charge in [0.05, 0.1) is 22.8 Å². The topological polar surface area (TPSA) is 92.8 Å². The molecule has 1 amide bonds. The van der Waals surface area contributed by atoms with Crippen LogP contribution < -0.4 is 9.62 Å². The van der Waals surface area contributed by atoms with Crippen LogP contribution in [-0.2, 0) is 34.0 Å². The Balaban J connectivity index is 1.38. The maximum Gasteiger partial charge on any atom is 0.341 e. The van der Waals surface area contributed by atoms with Gasteiger partial charge in [-0.25, -0.2) is 13.2 Å². The molecule has 5 rings (SSSR count). The van der Waals surface area contributed by atoms with Crippen molar-refractivity contribution in [2.45, 2.75) is 44.4 Å². The molecule has 2 aliphatic rings. The number of nitrogens with one attached hydrogen (secondary N) is 1. The van der Waals surface area contributed by atoms with Crippen LogP contribution in [0.1, 0.15) is 57.0 Å². The summed E-state index contributed by atoms with van der Waals surface area (Å²) in [5.41, 5.74) is 3.43. The molecule has 2 heterocycles. The van der Waals surface area contributed by atoms with Crippen LogP contribution in [0.5, 0.6) is 0 Å². The zero-order valence-electron chi connectivity index (χ0n) is 20.2. The molecule has 9 heteroatoms.